The molecule has 0 aliphatic carbocycles. The van der Waals surface area contributed by atoms with E-state index in [0.717, 1.165) is 19.3 Å². The molecule has 14 heavy (non-hydrogen) atoms. The normalized spacial score (nSPS) is 10.0. The van der Waals surface area contributed by atoms with Crippen molar-refractivity contribution in [1.29, 1.82) is 0 Å². The molecule has 0 unspecified atom stereocenters. The van der Waals surface area contributed by atoms with Crippen molar-refractivity contribution in [1.82, 2.24) is 0 Å². The van der Waals surface area contributed by atoms with E-state index >= 15 is 0 Å². The van der Waals surface area contributed by atoms with Crippen LogP contribution in [0.3, 0.4) is 0 Å². The third-order valence-electron chi connectivity index (χ3n) is 2.30. The topological polar surface area (TPSA) is 37.3 Å². The molecule has 0 aromatic rings. The molecule has 0 bridgehead atoms. The Kier molecular flexibility index (Phi) is 9.71. The number of rotatable bonds is 10. The van der Waals surface area contributed by atoms with Crippen LogP contribution in [0.15, 0.2) is 12.7 Å². The fourth-order valence-electron chi connectivity index (χ4n) is 1.45. The van der Waals surface area contributed by atoms with Crippen molar-refractivity contribution in [2.24, 2.45) is 0 Å². The van der Waals surface area contributed by atoms with E-state index in [4.69, 9.17) is 5.11 Å². The van der Waals surface area contributed by atoms with Crippen molar-refractivity contribution in [2.75, 3.05) is 0 Å². The van der Waals surface area contributed by atoms with Crippen LogP contribution in [-0.2, 0) is 4.79 Å². The van der Waals surface area contributed by atoms with Gasteiger partial charge in [0.1, 0.15) is 0 Å². The molecule has 0 amide bonds. The van der Waals surface area contributed by atoms with E-state index in [-0.39, 0.29) is 0 Å². The van der Waals surface area contributed by atoms with E-state index < -0.39 is 5.97 Å². The van der Waals surface area contributed by atoms with Gasteiger partial charge < -0.3 is 5.11 Å². The molecule has 0 aliphatic heterocycles. The van der Waals surface area contributed by atoms with Crippen LogP contribution in [-0.4, -0.2) is 11.1 Å². The highest BCUT2D eigenvalue weighted by Gasteiger charge is 1.96. The Morgan fingerprint density at radius 3 is 2.00 bits per heavy atom. The number of unbranched alkanes of at least 4 members (excludes halogenated alkanes) is 7. The Morgan fingerprint density at radius 1 is 1.00 bits per heavy atom. The van der Waals surface area contributed by atoms with Gasteiger partial charge in [-0.05, 0) is 19.3 Å². The maximum atomic E-state index is 10.2. The SMILES string of the molecule is C=CCCCCCCCCCC(=O)O. The fourth-order valence-corrected chi connectivity index (χ4v) is 1.45. The summed E-state index contributed by atoms with van der Waals surface area (Å²) in [5.41, 5.74) is 0. The maximum Gasteiger partial charge on any atom is 0.303 e. The van der Waals surface area contributed by atoms with Gasteiger partial charge in [-0.25, -0.2) is 0 Å². The molecule has 0 aromatic heterocycles. The van der Waals surface area contributed by atoms with Crippen molar-refractivity contribution in [2.45, 2.75) is 57.8 Å². The van der Waals surface area contributed by atoms with Gasteiger partial charge in [-0.3, -0.25) is 4.79 Å². The molecule has 0 heterocycles. The lowest BCUT2D eigenvalue weighted by Crippen LogP contribution is -1.93. The lowest BCUT2D eigenvalue weighted by molar-refractivity contribution is -0.137. The number of carboxylic acids is 1. The number of hydrogen-bond acceptors (Lipinski definition) is 1. The predicted molar refractivity (Wildman–Crippen MR) is 59.4 cm³/mol. The third-order valence-corrected chi connectivity index (χ3v) is 2.30. The van der Waals surface area contributed by atoms with Gasteiger partial charge in [0, 0.05) is 6.42 Å². The van der Waals surface area contributed by atoms with E-state index in [1.807, 2.05) is 6.08 Å². The highest BCUT2D eigenvalue weighted by atomic mass is 16.4. The van der Waals surface area contributed by atoms with E-state index in [0.29, 0.717) is 6.42 Å². The third kappa shape index (κ3) is 11.2. The molecule has 0 fully saturated rings. The van der Waals surface area contributed by atoms with Crippen molar-refractivity contribution in [3.63, 3.8) is 0 Å². The molecule has 0 saturated carbocycles. The Hall–Kier alpha value is -0.790. The summed E-state index contributed by atoms with van der Waals surface area (Å²) in [6.07, 6.45) is 11.6. The summed E-state index contributed by atoms with van der Waals surface area (Å²) in [6, 6.07) is 0. The summed E-state index contributed by atoms with van der Waals surface area (Å²) in [4.78, 5) is 10.2. The molecule has 0 rings (SSSR count). The highest BCUT2D eigenvalue weighted by Crippen LogP contribution is 2.09. The molecule has 0 saturated heterocycles. The highest BCUT2D eigenvalue weighted by molar-refractivity contribution is 5.66. The Bertz CT molecular complexity index is 152. The Balaban J connectivity index is 2.92. The van der Waals surface area contributed by atoms with Gasteiger partial charge >= 0.3 is 5.97 Å². The first-order valence-corrected chi connectivity index (χ1v) is 5.60. The first kappa shape index (κ1) is 13.2. The molecule has 0 spiro atoms. The largest absolute Gasteiger partial charge is 0.481 e. The van der Waals surface area contributed by atoms with Crippen LogP contribution in [0.5, 0.6) is 0 Å². The smallest absolute Gasteiger partial charge is 0.303 e. The average molecular weight is 198 g/mol. The molecule has 82 valence electrons. The zero-order valence-corrected chi connectivity index (χ0v) is 9.00. The average Bonchev–Trinajstić information content (AvgIpc) is 2.15. The van der Waals surface area contributed by atoms with Crippen molar-refractivity contribution in [3.8, 4) is 0 Å². The Morgan fingerprint density at radius 2 is 1.50 bits per heavy atom. The van der Waals surface area contributed by atoms with E-state index in [9.17, 15) is 4.79 Å². The summed E-state index contributed by atoms with van der Waals surface area (Å²) in [7, 11) is 0. The van der Waals surface area contributed by atoms with Gasteiger partial charge in [-0.2, -0.15) is 0 Å². The minimum absolute atomic E-state index is 0.330. The molecule has 0 aliphatic rings. The summed E-state index contributed by atoms with van der Waals surface area (Å²) in [6.45, 7) is 3.68. The lowest BCUT2D eigenvalue weighted by atomic mass is 10.1. The van der Waals surface area contributed by atoms with Crippen LogP contribution in [0.1, 0.15) is 57.8 Å². The zero-order valence-electron chi connectivity index (χ0n) is 9.00. The van der Waals surface area contributed by atoms with Crippen LogP contribution in [0.25, 0.3) is 0 Å². The van der Waals surface area contributed by atoms with E-state index in [1.54, 1.807) is 0 Å². The van der Waals surface area contributed by atoms with E-state index in [1.165, 1.54) is 32.1 Å². The van der Waals surface area contributed by atoms with Crippen LogP contribution in [0, 0.1) is 0 Å². The quantitative estimate of drug-likeness (QED) is 0.428. The number of allylic oxidation sites excluding steroid dienone is 1. The minimum atomic E-state index is -0.670. The second-order valence-corrected chi connectivity index (χ2v) is 3.70. The molecule has 1 N–H and O–H groups in total. The summed E-state index contributed by atoms with van der Waals surface area (Å²) in [5, 5.41) is 8.40. The fraction of sp³-hybridized carbons (Fsp3) is 0.750. The second-order valence-electron chi connectivity index (χ2n) is 3.70. The molecule has 0 atom stereocenters. The minimum Gasteiger partial charge on any atom is -0.481 e. The summed E-state index contributed by atoms with van der Waals surface area (Å²) >= 11 is 0. The van der Waals surface area contributed by atoms with Gasteiger partial charge in [0.25, 0.3) is 0 Å². The van der Waals surface area contributed by atoms with Crippen molar-refractivity contribution in [3.05, 3.63) is 12.7 Å². The second kappa shape index (κ2) is 10.3. The van der Waals surface area contributed by atoms with Crippen molar-refractivity contribution >= 4 is 5.97 Å². The summed E-state index contributed by atoms with van der Waals surface area (Å²) in [5.74, 6) is -0.670. The van der Waals surface area contributed by atoms with Crippen molar-refractivity contribution < 1.29 is 9.90 Å². The van der Waals surface area contributed by atoms with Gasteiger partial charge in [0.05, 0.1) is 0 Å². The molecule has 2 heteroatoms. The molecule has 0 aromatic carbocycles. The van der Waals surface area contributed by atoms with Crippen LogP contribution in [0.4, 0.5) is 0 Å². The number of aliphatic carboxylic acids is 1. The van der Waals surface area contributed by atoms with Crippen LogP contribution < -0.4 is 0 Å². The molecule has 0 radical (unpaired) electrons. The molecular weight excluding hydrogens is 176 g/mol. The number of carbonyl (C=O) groups is 1. The van der Waals surface area contributed by atoms with Gasteiger partial charge in [0.15, 0.2) is 0 Å². The van der Waals surface area contributed by atoms with Crippen LogP contribution in [0.2, 0.25) is 0 Å². The van der Waals surface area contributed by atoms with Gasteiger partial charge in [-0.15, -0.1) is 6.58 Å². The first-order chi connectivity index (χ1) is 6.77. The monoisotopic (exact) mass is 198 g/mol. The molecule has 2 nitrogen and oxygen atoms in total. The standard InChI is InChI=1S/C12H22O2/c1-2-3-4-5-6-7-8-9-10-11-12(13)14/h2H,1,3-11H2,(H,13,14). The van der Waals surface area contributed by atoms with Crippen LogP contribution >= 0.6 is 0 Å². The number of carboxylic acid groups (broad SMARTS) is 1. The number of hydrogen-bond donors (Lipinski definition) is 1. The first-order valence-electron chi connectivity index (χ1n) is 5.60. The van der Waals surface area contributed by atoms with E-state index in [2.05, 4.69) is 6.58 Å². The summed E-state index contributed by atoms with van der Waals surface area (Å²) < 4.78 is 0. The Labute approximate surface area is 87.0 Å². The maximum absolute atomic E-state index is 10.2. The van der Waals surface area contributed by atoms with Gasteiger partial charge in [-0.1, -0.05) is 38.2 Å². The van der Waals surface area contributed by atoms with Gasteiger partial charge in [0.2, 0.25) is 0 Å². The zero-order chi connectivity index (χ0) is 10.6. The lowest BCUT2D eigenvalue weighted by Gasteiger charge is -1.99. The molecular formula is C12H22O2. The predicted octanol–water partition coefficient (Wildman–Crippen LogP) is 3.77.